The second kappa shape index (κ2) is 3.78. The first-order valence-electron chi connectivity index (χ1n) is 0.730. The third kappa shape index (κ3) is 40.8. The fourth-order valence-electron chi connectivity index (χ4n) is 0. The van der Waals surface area contributed by atoms with E-state index in [2.05, 4.69) is 0 Å². The second-order valence-electron chi connectivity index (χ2n) is 0.447. The average Bonchev–Trinajstić information content (AvgIpc) is 0.722. The summed E-state index contributed by atoms with van der Waals surface area (Å²) in [6, 6.07) is 0. The molecule has 37 valence electrons. The van der Waals surface area contributed by atoms with Crippen LogP contribution in [-0.4, -0.2) is 20.1 Å². The van der Waals surface area contributed by atoms with Crippen LogP contribution in [0.5, 0.6) is 0 Å². The molecule has 0 aromatic heterocycles. The zero-order chi connectivity index (χ0) is 4.50. The first-order valence-corrected chi connectivity index (χ1v) is 4.90. The molecule has 0 atom stereocenters. The fraction of sp³-hybridized carbons (Fsp3) is 0. The van der Waals surface area contributed by atoms with Crippen LogP contribution in [0.15, 0.2) is 0 Å². The van der Waals surface area contributed by atoms with E-state index < -0.39 is 20.1 Å². The summed E-state index contributed by atoms with van der Waals surface area (Å²) < 4.78 is 34.6. The molecule has 0 aliphatic carbocycles. The Balaban J connectivity index is 0. The van der Waals surface area contributed by atoms with E-state index in [1.54, 1.807) is 0 Å². The minimum atomic E-state index is -6.10. The Morgan fingerprint density at radius 1 is 1.17 bits per heavy atom. The van der Waals surface area contributed by atoms with E-state index in [-0.39, 0.29) is 39.9 Å². The maximum atomic E-state index is 8.64. The molecule has 0 N–H and O–H groups in total. The van der Waals surface area contributed by atoms with E-state index in [0.29, 0.717) is 0 Å². The van der Waals surface area contributed by atoms with Gasteiger partial charge < -0.3 is 0 Å². The third-order valence-corrected chi connectivity index (χ3v) is 0. The molecule has 1 radical (unpaired) electrons. The summed E-state index contributed by atoms with van der Waals surface area (Å²) in [6.45, 7) is 0. The van der Waals surface area contributed by atoms with Crippen molar-refractivity contribution >= 4 is 20.1 Å². The van der Waals surface area contributed by atoms with E-state index in [1.165, 1.54) is 0 Å². The van der Waals surface area contributed by atoms with Gasteiger partial charge >= 0.3 is 73.2 Å². The Morgan fingerprint density at radius 3 is 1.17 bits per heavy atom. The molecule has 4 nitrogen and oxygen atoms in total. The summed E-state index contributed by atoms with van der Waals surface area (Å²) in [6.07, 6.45) is 0. The Hall–Kier alpha value is 1.82. The van der Waals surface area contributed by atoms with Gasteiger partial charge in [-0.25, -0.2) is 0 Å². The van der Waals surface area contributed by atoms with Crippen LogP contribution in [0.25, 0.3) is 0 Å². The minimum absolute atomic E-state index is 0. The molecule has 6 heavy (non-hydrogen) atoms. The van der Waals surface area contributed by atoms with Crippen molar-refractivity contribution in [1.29, 1.82) is 0 Å². The van der Waals surface area contributed by atoms with Gasteiger partial charge in [-0.15, -0.1) is 0 Å². The summed E-state index contributed by atoms with van der Waals surface area (Å²) in [4.78, 5) is 0. The maximum absolute atomic E-state index is 8.64. The third-order valence-electron chi connectivity index (χ3n) is 0. The molecular formula is GdO4Sb. The average molecular weight is 343 g/mol. The van der Waals surface area contributed by atoms with Gasteiger partial charge in [0.1, 0.15) is 0 Å². The fourth-order valence-corrected chi connectivity index (χ4v) is 0. The topological polar surface area (TPSA) is 86.2 Å². The number of rotatable bonds is 0. The van der Waals surface area contributed by atoms with Crippen molar-refractivity contribution in [3.8, 4) is 0 Å². The molecule has 0 aromatic carbocycles. The second-order valence-corrected chi connectivity index (χ2v) is 3.00. The Bertz CT molecular complexity index is 53.7. The van der Waals surface area contributed by atoms with Crippen LogP contribution in [0.4, 0.5) is 0 Å². The standard InChI is InChI=1S/Gd.4O.Sb/q+3;;3*-1;. The van der Waals surface area contributed by atoms with Crippen molar-refractivity contribution < 1.29 is 53.1 Å². The van der Waals surface area contributed by atoms with E-state index >= 15 is 0 Å². The Kier molecular flexibility index (Phi) is 6.77. The molecule has 0 bridgehead atoms. The monoisotopic (exact) mass is 343 g/mol. The van der Waals surface area contributed by atoms with Gasteiger partial charge in [0.15, 0.2) is 0 Å². The summed E-state index contributed by atoms with van der Waals surface area (Å²) in [5, 5.41) is 0. The first kappa shape index (κ1) is 10.7. The van der Waals surface area contributed by atoms with E-state index in [4.69, 9.17) is 13.2 Å². The SMILES string of the molecule is [Gd+3].[O]=[Sb]([O-])([O-])[O-]. The molecule has 6 heteroatoms. The van der Waals surface area contributed by atoms with Crippen molar-refractivity contribution in [1.82, 2.24) is 0 Å². The van der Waals surface area contributed by atoms with Crippen molar-refractivity contribution in [3.05, 3.63) is 0 Å². The zero-order valence-corrected chi connectivity index (χ0v) is 7.26. The van der Waals surface area contributed by atoms with Crippen LogP contribution in [0, 0.1) is 39.9 Å². The van der Waals surface area contributed by atoms with Crippen LogP contribution in [0.3, 0.4) is 0 Å². The Labute approximate surface area is 71.9 Å². The Morgan fingerprint density at radius 2 is 1.17 bits per heavy atom. The summed E-state index contributed by atoms with van der Waals surface area (Å²) in [7, 11) is 0. The van der Waals surface area contributed by atoms with Crippen molar-refractivity contribution in [2.24, 2.45) is 0 Å². The van der Waals surface area contributed by atoms with Gasteiger partial charge in [-0.05, 0) is 0 Å². The van der Waals surface area contributed by atoms with Crippen LogP contribution in [0.2, 0.25) is 0 Å². The molecule has 0 saturated heterocycles. The van der Waals surface area contributed by atoms with E-state index in [0.717, 1.165) is 0 Å². The molecular weight excluding hydrogens is 343 g/mol. The molecule has 0 heterocycles. The van der Waals surface area contributed by atoms with Crippen LogP contribution in [-0.2, 0) is 3.02 Å². The molecule has 0 aliphatic heterocycles. The predicted octanol–water partition coefficient (Wildman–Crippen LogP) is -4.07. The molecule has 0 aliphatic rings. The molecule has 0 saturated carbocycles. The predicted molar refractivity (Wildman–Crippen MR) is 6.44 cm³/mol. The molecule has 0 rings (SSSR count). The van der Waals surface area contributed by atoms with Gasteiger partial charge in [-0.2, -0.15) is 0 Å². The molecule has 0 unspecified atom stereocenters. The van der Waals surface area contributed by atoms with Crippen LogP contribution < -0.4 is 10.2 Å². The van der Waals surface area contributed by atoms with Gasteiger partial charge in [-0.3, -0.25) is 0 Å². The van der Waals surface area contributed by atoms with Gasteiger partial charge in [0.05, 0.1) is 0 Å². The van der Waals surface area contributed by atoms with Crippen molar-refractivity contribution in [2.45, 2.75) is 0 Å². The first-order chi connectivity index (χ1) is 2.00. The van der Waals surface area contributed by atoms with Crippen LogP contribution in [0.1, 0.15) is 0 Å². The molecule has 0 fully saturated rings. The van der Waals surface area contributed by atoms with Gasteiger partial charge in [0.25, 0.3) is 0 Å². The zero-order valence-electron chi connectivity index (χ0n) is 2.43. The van der Waals surface area contributed by atoms with Crippen molar-refractivity contribution in [3.63, 3.8) is 0 Å². The summed E-state index contributed by atoms with van der Waals surface area (Å²) >= 11 is -6.10. The van der Waals surface area contributed by atoms with Gasteiger partial charge in [0, 0.05) is 0 Å². The van der Waals surface area contributed by atoms with E-state index in [9.17, 15) is 0 Å². The molecule has 0 aromatic rings. The number of hydrogen-bond acceptors (Lipinski definition) is 4. The summed E-state index contributed by atoms with van der Waals surface area (Å²) in [5.41, 5.74) is 0. The van der Waals surface area contributed by atoms with Crippen LogP contribution >= 0.6 is 0 Å². The van der Waals surface area contributed by atoms with E-state index in [1.807, 2.05) is 0 Å². The quantitative estimate of drug-likeness (QED) is 0.419. The van der Waals surface area contributed by atoms with Gasteiger partial charge in [0.2, 0.25) is 0 Å². The summed E-state index contributed by atoms with van der Waals surface area (Å²) in [5.74, 6) is 0. The molecule has 0 amide bonds. The molecule has 0 spiro atoms. The number of hydrogen-bond donors (Lipinski definition) is 0. The normalized spacial score (nSPS) is 9.83. The van der Waals surface area contributed by atoms with Crippen molar-refractivity contribution in [2.75, 3.05) is 0 Å². The van der Waals surface area contributed by atoms with Gasteiger partial charge in [-0.1, -0.05) is 0 Å².